The molecule has 2 heterocycles. The minimum atomic E-state index is -3.68. The average Bonchev–Trinajstić information content (AvgIpc) is 3.17. The van der Waals surface area contributed by atoms with Crippen molar-refractivity contribution in [3.63, 3.8) is 0 Å². The number of carbonyl (C=O) groups is 1. The van der Waals surface area contributed by atoms with Crippen LogP contribution in [0.3, 0.4) is 0 Å². The van der Waals surface area contributed by atoms with Crippen molar-refractivity contribution in [2.75, 3.05) is 26.7 Å². The van der Waals surface area contributed by atoms with E-state index in [1.807, 2.05) is 18.9 Å². The predicted molar refractivity (Wildman–Crippen MR) is 113 cm³/mol. The number of nitrogens with one attached hydrogen (secondary N) is 1. The summed E-state index contributed by atoms with van der Waals surface area (Å²) in [6, 6.07) is 8.28. The highest BCUT2D eigenvalue weighted by atomic mass is 35.5. The molecule has 8 heteroatoms. The van der Waals surface area contributed by atoms with Crippen LogP contribution < -0.4 is 5.32 Å². The number of piperidine rings is 1. The van der Waals surface area contributed by atoms with Crippen LogP contribution in [-0.4, -0.2) is 49.9 Å². The lowest BCUT2D eigenvalue weighted by atomic mass is 9.93. The maximum absolute atomic E-state index is 12.7. The van der Waals surface area contributed by atoms with Gasteiger partial charge in [-0.25, -0.2) is 12.4 Å². The number of hydrogen-bond acceptors (Lipinski definition) is 4. The molecule has 1 amide bonds. The molecule has 0 bridgehead atoms. The summed E-state index contributed by atoms with van der Waals surface area (Å²) in [7, 11) is -1.73. The largest absolute Gasteiger partial charge is 0.339 e. The van der Waals surface area contributed by atoms with E-state index >= 15 is 0 Å². The molecule has 154 valence electrons. The fourth-order valence-corrected chi connectivity index (χ4v) is 4.64. The van der Waals surface area contributed by atoms with Crippen LogP contribution in [0.1, 0.15) is 35.2 Å². The first kappa shape index (κ1) is 22.5. The topological polar surface area (TPSA) is 71.4 Å². The third-order valence-corrected chi connectivity index (χ3v) is 6.87. The highest BCUT2D eigenvalue weighted by molar-refractivity contribution is 7.90. The molecule has 0 aliphatic carbocycles. The summed E-state index contributed by atoms with van der Waals surface area (Å²) in [6.45, 7) is 4.36. The SMILES string of the molecule is CNCCC1CCN(C(=O)c2ccn(S(=O)(=O)c3ccc(C)cc3)c2)CC1.Cl. The highest BCUT2D eigenvalue weighted by Crippen LogP contribution is 2.22. The Hall–Kier alpha value is -1.83. The van der Waals surface area contributed by atoms with Crippen LogP contribution in [0.2, 0.25) is 0 Å². The molecule has 1 aromatic heterocycles. The molecule has 1 saturated heterocycles. The van der Waals surface area contributed by atoms with Crippen molar-refractivity contribution in [2.24, 2.45) is 5.92 Å². The smallest absolute Gasteiger partial charge is 0.267 e. The number of carbonyl (C=O) groups excluding carboxylic acids is 1. The van der Waals surface area contributed by atoms with Gasteiger partial charge in [0, 0.05) is 25.5 Å². The summed E-state index contributed by atoms with van der Waals surface area (Å²) in [5.74, 6) is 0.549. The fraction of sp³-hybridized carbons (Fsp3) is 0.450. The van der Waals surface area contributed by atoms with Gasteiger partial charge in [0.2, 0.25) is 0 Å². The van der Waals surface area contributed by atoms with Gasteiger partial charge in [-0.05, 0) is 63.9 Å². The Kier molecular flexibility index (Phi) is 7.69. The quantitative estimate of drug-likeness (QED) is 0.772. The van der Waals surface area contributed by atoms with E-state index in [2.05, 4.69) is 5.32 Å². The number of nitrogens with zero attached hydrogens (tertiary/aromatic N) is 2. The molecular formula is C20H28ClN3O3S. The third kappa shape index (κ3) is 4.96. The van der Waals surface area contributed by atoms with Crippen LogP contribution in [0, 0.1) is 12.8 Å². The van der Waals surface area contributed by atoms with Gasteiger partial charge in [0.15, 0.2) is 0 Å². The van der Waals surface area contributed by atoms with E-state index in [1.54, 1.807) is 30.3 Å². The van der Waals surface area contributed by atoms with Crippen molar-refractivity contribution in [1.82, 2.24) is 14.2 Å². The Morgan fingerprint density at radius 2 is 1.79 bits per heavy atom. The van der Waals surface area contributed by atoms with E-state index in [0.29, 0.717) is 11.5 Å². The van der Waals surface area contributed by atoms with Gasteiger partial charge in [0.05, 0.1) is 10.5 Å². The summed E-state index contributed by atoms with van der Waals surface area (Å²) in [5, 5.41) is 3.17. The van der Waals surface area contributed by atoms with Crippen LogP contribution in [0.25, 0.3) is 0 Å². The monoisotopic (exact) mass is 425 g/mol. The number of hydrogen-bond donors (Lipinski definition) is 1. The van der Waals surface area contributed by atoms with Gasteiger partial charge in [-0.1, -0.05) is 17.7 Å². The van der Waals surface area contributed by atoms with Crippen LogP contribution in [-0.2, 0) is 10.0 Å². The van der Waals surface area contributed by atoms with Crippen molar-refractivity contribution in [1.29, 1.82) is 0 Å². The minimum Gasteiger partial charge on any atom is -0.339 e. The number of rotatable bonds is 6. The van der Waals surface area contributed by atoms with E-state index in [4.69, 9.17) is 0 Å². The molecule has 0 radical (unpaired) electrons. The molecule has 1 aromatic carbocycles. The van der Waals surface area contributed by atoms with Gasteiger partial charge in [-0.15, -0.1) is 12.4 Å². The second-order valence-corrected chi connectivity index (χ2v) is 9.02. The number of aromatic nitrogens is 1. The Morgan fingerprint density at radius 1 is 1.14 bits per heavy atom. The van der Waals surface area contributed by atoms with Crippen molar-refractivity contribution < 1.29 is 13.2 Å². The van der Waals surface area contributed by atoms with E-state index in [1.165, 1.54) is 12.4 Å². The Bertz CT molecular complexity index is 886. The summed E-state index contributed by atoms with van der Waals surface area (Å²) in [6.07, 6.45) is 5.99. The molecule has 3 rings (SSSR count). The van der Waals surface area contributed by atoms with Crippen LogP contribution in [0.5, 0.6) is 0 Å². The van der Waals surface area contributed by atoms with E-state index in [-0.39, 0.29) is 23.2 Å². The number of amides is 1. The zero-order chi connectivity index (χ0) is 19.4. The highest BCUT2D eigenvalue weighted by Gasteiger charge is 2.25. The van der Waals surface area contributed by atoms with Gasteiger partial charge < -0.3 is 10.2 Å². The van der Waals surface area contributed by atoms with Crippen molar-refractivity contribution in [3.05, 3.63) is 53.9 Å². The lowest BCUT2D eigenvalue weighted by molar-refractivity contribution is 0.0687. The first-order valence-corrected chi connectivity index (χ1v) is 10.8. The predicted octanol–water partition coefficient (Wildman–Crippen LogP) is 2.92. The molecule has 0 spiro atoms. The molecule has 0 saturated carbocycles. The first-order valence-electron chi connectivity index (χ1n) is 9.36. The van der Waals surface area contributed by atoms with Crippen molar-refractivity contribution in [3.8, 4) is 0 Å². The number of aryl methyl sites for hydroxylation is 1. The van der Waals surface area contributed by atoms with Gasteiger partial charge in [-0.3, -0.25) is 4.79 Å². The number of halogens is 1. The van der Waals surface area contributed by atoms with Crippen molar-refractivity contribution >= 4 is 28.3 Å². The van der Waals surface area contributed by atoms with Gasteiger partial charge in [0.1, 0.15) is 0 Å². The number of benzene rings is 1. The molecule has 1 aliphatic heterocycles. The summed E-state index contributed by atoms with van der Waals surface area (Å²) in [4.78, 5) is 14.8. The van der Waals surface area contributed by atoms with Crippen LogP contribution >= 0.6 is 12.4 Å². The summed E-state index contributed by atoms with van der Waals surface area (Å²) < 4.78 is 26.6. The zero-order valence-electron chi connectivity index (χ0n) is 16.3. The normalized spacial score (nSPS) is 15.3. The van der Waals surface area contributed by atoms with Crippen molar-refractivity contribution in [2.45, 2.75) is 31.1 Å². The van der Waals surface area contributed by atoms with E-state index in [0.717, 1.165) is 48.4 Å². The maximum Gasteiger partial charge on any atom is 0.267 e. The molecule has 0 atom stereocenters. The molecule has 1 fully saturated rings. The second-order valence-electron chi connectivity index (χ2n) is 7.18. The molecule has 6 nitrogen and oxygen atoms in total. The maximum atomic E-state index is 12.7. The Balaban J connectivity index is 0.00000280. The standard InChI is InChI=1S/C20H27N3O3S.ClH/c1-16-3-5-19(6-4-16)27(25,26)23-14-10-18(15-23)20(24)22-12-8-17(9-13-22)7-11-21-2;/h3-6,10,14-15,17,21H,7-9,11-13H2,1-2H3;1H. The van der Waals surface area contributed by atoms with E-state index < -0.39 is 10.0 Å². The minimum absolute atomic E-state index is 0. The first-order chi connectivity index (χ1) is 12.9. The molecule has 0 unspecified atom stereocenters. The Morgan fingerprint density at radius 3 is 2.39 bits per heavy atom. The third-order valence-electron chi connectivity index (χ3n) is 5.22. The second kappa shape index (κ2) is 9.58. The fourth-order valence-electron chi connectivity index (χ4n) is 3.44. The van der Waals surface area contributed by atoms with Gasteiger partial charge in [-0.2, -0.15) is 0 Å². The molecule has 28 heavy (non-hydrogen) atoms. The Labute approximate surface area is 173 Å². The number of likely N-dealkylation sites (tertiary alicyclic amines) is 1. The van der Waals surface area contributed by atoms with Gasteiger partial charge in [0.25, 0.3) is 15.9 Å². The molecule has 1 aliphatic rings. The summed E-state index contributed by atoms with van der Waals surface area (Å²) in [5.41, 5.74) is 1.41. The zero-order valence-corrected chi connectivity index (χ0v) is 17.9. The molecular weight excluding hydrogens is 398 g/mol. The molecule has 2 aromatic rings. The summed E-state index contributed by atoms with van der Waals surface area (Å²) >= 11 is 0. The van der Waals surface area contributed by atoms with E-state index in [9.17, 15) is 13.2 Å². The average molecular weight is 426 g/mol. The van der Waals surface area contributed by atoms with Gasteiger partial charge >= 0.3 is 0 Å². The van der Waals surface area contributed by atoms with Crippen LogP contribution in [0.4, 0.5) is 0 Å². The van der Waals surface area contributed by atoms with Crippen LogP contribution in [0.15, 0.2) is 47.6 Å². The molecule has 1 N–H and O–H groups in total. The lowest BCUT2D eigenvalue weighted by Crippen LogP contribution is -2.38. The lowest BCUT2D eigenvalue weighted by Gasteiger charge is -2.31.